The predicted octanol–water partition coefficient (Wildman–Crippen LogP) is 3.89. The summed E-state index contributed by atoms with van der Waals surface area (Å²) in [7, 11) is -3.69. The minimum absolute atomic E-state index is 0.0439. The monoisotopic (exact) mass is 442 g/mol. The third-order valence-electron chi connectivity index (χ3n) is 3.44. The van der Waals surface area contributed by atoms with Gasteiger partial charge < -0.3 is 14.8 Å². The fourth-order valence-electron chi connectivity index (χ4n) is 2.29. The van der Waals surface area contributed by atoms with Gasteiger partial charge in [-0.25, -0.2) is 13.6 Å². The molecule has 8 heteroatoms. The number of nitrogens with one attached hydrogen (secondary N) is 1. The first-order chi connectivity index (χ1) is 12.2. The first-order valence-electron chi connectivity index (χ1n) is 8.19. The first kappa shape index (κ1) is 20.5. The molecule has 0 atom stereocenters. The Balaban J connectivity index is 2.17. The van der Waals surface area contributed by atoms with Gasteiger partial charge in [-0.2, -0.15) is 0 Å². The summed E-state index contributed by atoms with van der Waals surface area (Å²) >= 11 is 3.56. The smallest absolute Gasteiger partial charge is 0.238 e. The molecule has 2 rings (SSSR count). The molecule has 0 bridgehead atoms. The zero-order valence-electron chi connectivity index (χ0n) is 15.0. The molecule has 2 aromatic rings. The Morgan fingerprint density at radius 3 is 2.35 bits per heavy atom. The van der Waals surface area contributed by atoms with E-state index in [9.17, 15) is 8.42 Å². The van der Waals surface area contributed by atoms with Crippen molar-refractivity contribution in [3.63, 3.8) is 0 Å². The molecule has 3 N–H and O–H groups in total. The van der Waals surface area contributed by atoms with Crippen molar-refractivity contribution in [2.75, 3.05) is 11.9 Å². The van der Waals surface area contributed by atoms with Gasteiger partial charge in [0.1, 0.15) is 0 Å². The normalized spacial score (nSPS) is 11.5. The summed E-state index contributed by atoms with van der Waals surface area (Å²) in [5.74, 6) is 1.38. The molecule has 0 aliphatic heterocycles. The van der Waals surface area contributed by atoms with Gasteiger partial charge in [-0.05, 0) is 62.7 Å². The average Bonchev–Trinajstić information content (AvgIpc) is 2.55. The van der Waals surface area contributed by atoms with E-state index in [0.29, 0.717) is 24.7 Å². The van der Waals surface area contributed by atoms with Gasteiger partial charge in [0.2, 0.25) is 10.0 Å². The van der Waals surface area contributed by atoms with Crippen LogP contribution >= 0.6 is 15.9 Å². The molecule has 0 fully saturated rings. The van der Waals surface area contributed by atoms with Crippen LogP contribution in [0, 0.1) is 0 Å². The van der Waals surface area contributed by atoms with Crippen LogP contribution in [-0.2, 0) is 16.6 Å². The number of halogens is 1. The van der Waals surface area contributed by atoms with E-state index in [0.717, 1.165) is 15.7 Å². The second-order valence-corrected chi connectivity index (χ2v) is 8.33. The van der Waals surface area contributed by atoms with Crippen molar-refractivity contribution >= 4 is 31.6 Å². The van der Waals surface area contributed by atoms with Crippen molar-refractivity contribution in [3.8, 4) is 11.5 Å². The molecule has 0 aromatic heterocycles. The zero-order valence-corrected chi connectivity index (χ0v) is 17.4. The molecule has 2 aromatic carbocycles. The number of nitrogens with two attached hydrogens (primary N) is 1. The largest absolute Gasteiger partial charge is 0.490 e. The van der Waals surface area contributed by atoms with Crippen LogP contribution in [0.2, 0.25) is 0 Å². The lowest BCUT2D eigenvalue weighted by atomic mass is 10.2. The maximum Gasteiger partial charge on any atom is 0.238 e. The summed E-state index contributed by atoms with van der Waals surface area (Å²) in [5, 5.41) is 8.35. The van der Waals surface area contributed by atoms with Crippen LogP contribution in [0.25, 0.3) is 0 Å². The quantitative estimate of drug-likeness (QED) is 0.646. The van der Waals surface area contributed by atoms with Gasteiger partial charge in [-0.3, -0.25) is 0 Å². The number of benzene rings is 2. The number of hydrogen-bond donors (Lipinski definition) is 2. The van der Waals surface area contributed by atoms with Gasteiger partial charge in [0.05, 0.1) is 17.6 Å². The Bertz CT molecular complexity index is 852. The summed E-state index contributed by atoms with van der Waals surface area (Å²) < 4.78 is 35.0. The molecule has 0 saturated carbocycles. The van der Waals surface area contributed by atoms with Crippen molar-refractivity contribution in [1.82, 2.24) is 0 Å². The number of ether oxygens (including phenoxy) is 2. The van der Waals surface area contributed by atoms with Crippen LogP contribution in [0.15, 0.2) is 45.8 Å². The van der Waals surface area contributed by atoms with Crippen LogP contribution < -0.4 is 19.9 Å². The third-order valence-corrected chi connectivity index (χ3v) is 5.11. The van der Waals surface area contributed by atoms with Crippen molar-refractivity contribution in [2.24, 2.45) is 5.14 Å². The Morgan fingerprint density at radius 1 is 1.15 bits per heavy atom. The molecule has 142 valence electrons. The number of sulfonamides is 1. The van der Waals surface area contributed by atoms with Crippen molar-refractivity contribution in [1.29, 1.82) is 0 Å². The highest BCUT2D eigenvalue weighted by molar-refractivity contribution is 9.10. The highest BCUT2D eigenvalue weighted by atomic mass is 79.9. The minimum Gasteiger partial charge on any atom is -0.490 e. The Morgan fingerprint density at radius 2 is 1.81 bits per heavy atom. The lowest BCUT2D eigenvalue weighted by molar-refractivity contribution is 0.223. The van der Waals surface area contributed by atoms with E-state index in [2.05, 4.69) is 21.2 Å². The molecule has 0 saturated heterocycles. The maximum atomic E-state index is 11.3. The van der Waals surface area contributed by atoms with Gasteiger partial charge in [-0.1, -0.05) is 15.9 Å². The second kappa shape index (κ2) is 8.75. The molecule has 0 heterocycles. The fourth-order valence-corrected chi connectivity index (χ4v) is 3.26. The lowest BCUT2D eigenvalue weighted by Gasteiger charge is -2.17. The van der Waals surface area contributed by atoms with Crippen LogP contribution in [0.1, 0.15) is 26.3 Å². The molecular weight excluding hydrogens is 420 g/mol. The van der Waals surface area contributed by atoms with Crippen LogP contribution in [0.5, 0.6) is 11.5 Å². The molecule has 26 heavy (non-hydrogen) atoms. The van der Waals surface area contributed by atoms with E-state index in [4.69, 9.17) is 14.6 Å². The number of primary sulfonamides is 1. The highest BCUT2D eigenvalue weighted by Gasteiger charge is 2.12. The summed E-state index contributed by atoms with van der Waals surface area (Å²) in [6.45, 7) is 6.91. The topological polar surface area (TPSA) is 90.6 Å². The highest BCUT2D eigenvalue weighted by Crippen LogP contribution is 2.35. The zero-order chi connectivity index (χ0) is 19.3. The van der Waals surface area contributed by atoms with Gasteiger partial charge in [0.25, 0.3) is 0 Å². The van der Waals surface area contributed by atoms with Crippen molar-refractivity contribution in [3.05, 3.63) is 46.4 Å². The van der Waals surface area contributed by atoms with Crippen LogP contribution in [-0.4, -0.2) is 21.1 Å². The standard InChI is InChI=1S/C18H23BrN2O4S/c1-4-24-17-9-13(16(19)10-18(17)25-12(2)3)11-21-14-5-7-15(8-6-14)26(20,22)23/h5-10,12,21H,4,11H2,1-3H3,(H2,20,22,23). The van der Waals surface area contributed by atoms with Crippen molar-refractivity contribution in [2.45, 2.75) is 38.3 Å². The first-order valence-corrected chi connectivity index (χ1v) is 10.5. The number of hydrogen-bond acceptors (Lipinski definition) is 5. The lowest BCUT2D eigenvalue weighted by Crippen LogP contribution is -2.12. The Labute approximate surface area is 162 Å². The van der Waals surface area contributed by atoms with Crippen LogP contribution in [0.3, 0.4) is 0 Å². The van der Waals surface area contributed by atoms with E-state index in [-0.39, 0.29) is 11.0 Å². The number of anilines is 1. The summed E-state index contributed by atoms with van der Waals surface area (Å²) in [6, 6.07) is 10.1. The van der Waals surface area contributed by atoms with E-state index in [1.165, 1.54) is 12.1 Å². The third kappa shape index (κ3) is 5.62. The van der Waals surface area contributed by atoms with Gasteiger partial charge in [-0.15, -0.1) is 0 Å². The average molecular weight is 443 g/mol. The molecule has 0 amide bonds. The SMILES string of the molecule is CCOc1cc(CNc2ccc(S(N)(=O)=O)cc2)c(Br)cc1OC(C)C. The fraction of sp³-hybridized carbons (Fsp3) is 0.333. The Kier molecular flexibility index (Phi) is 6.91. The van der Waals surface area contributed by atoms with Gasteiger partial charge >= 0.3 is 0 Å². The molecule has 0 radical (unpaired) electrons. The van der Waals surface area contributed by atoms with Crippen molar-refractivity contribution < 1.29 is 17.9 Å². The summed E-state index contributed by atoms with van der Waals surface area (Å²) in [6.07, 6.45) is 0.0439. The number of rotatable bonds is 8. The maximum absolute atomic E-state index is 11.3. The molecule has 0 unspecified atom stereocenters. The molecular formula is C18H23BrN2O4S. The van der Waals surface area contributed by atoms with Gasteiger partial charge in [0, 0.05) is 16.7 Å². The molecule has 0 aliphatic carbocycles. The van der Waals surface area contributed by atoms with Crippen LogP contribution in [0.4, 0.5) is 5.69 Å². The van der Waals surface area contributed by atoms with E-state index in [1.807, 2.05) is 32.9 Å². The minimum atomic E-state index is -3.69. The molecule has 0 aliphatic rings. The molecule has 6 nitrogen and oxygen atoms in total. The summed E-state index contributed by atoms with van der Waals surface area (Å²) in [4.78, 5) is 0.0815. The Hall–Kier alpha value is -1.77. The predicted molar refractivity (Wildman–Crippen MR) is 106 cm³/mol. The van der Waals surface area contributed by atoms with E-state index >= 15 is 0 Å². The second-order valence-electron chi connectivity index (χ2n) is 5.91. The van der Waals surface area contributed by atoms with E-state index < -0.39 is 10.0 Å². The van der Waals surface area contributed by atoms with Gasteiger partial charge in [0.15, 0.2) is 11.5 Å². The summed E-state index contributed by atoms with van der Waals surface area (Å²) in [5.41, 5.74) is 1.77. The van der Waals surface area contributed by atoms with E-state index in [1.54, 1.807) is 12.1 Å². The molecule has 0 spiro atoms.